The Balaban J connectivity index is 1.85. The van der Waals surface area contributed by atoms with Crippen molar-refractivity contribution in [2.24, 2.45) is 0 Å². The van der Waals surface area contributed by atoms with Crippen LogP contribution in [0.3, 0.4) is 0 Å². The fraction of sp³-hybridized carbons (Fsp3) is 0.667. The van der Waals surface area contributed by atoms with Crippen LogP contribution in [0.2, 0.25) is 4.44 Å². The van der Waals surface area contributed by atoms with Gasteiger partial charge in [-0.3, -0.25) is 0 Å². The zero-order valence-electron chi connectivity index (χ0n) is 9.30. The molecule has 0 aliphatic rings. The van der Waals surface area contributed by atoms with Crippen LogP contribution in [0.1, 0.15) is 45.4 Å². The van der Waals surface area contributed by atoms with Gasteiger partial charge in [0.2, 0.25) is 0 Å². The zero-order chi connectivity index (χ0) is 10.1. The van der Waals surface area contributed by atoms with Crippen molar-refractivity contribution in [2.45, 2.75) is 49.9 Å². The summed E-state index contributed by atoms with van der Waals surface area (Å²) in [6.07, 6.45) is 8.75. The molecule has 1 heterocycles. The Morgan fingerprint density at radius 1 is 1.14 bits per heavy atom. The number of hydrogen-bond donors (Lipinski definition) is 0. The Morgan fingerprint density at radius 2 is 1.93 bits per heavy atom. The summed E-state index contributed by atoms with van der Waals surface area (Å²) in [7, 11) is 0. The molecule has 14 heavy (non-hydrogen) atoms. The number of thiophene rings is 1. The minimum atomic E-state index is -0.498. The van der Waals surface area contributed by atoms with Gasteiger partial charge in [0.15, 0.2) is 0 Å². The Bertz CT molecular complexity index is 206. The first-order valence-corrected chi connectivity index (χ1v) is 11.7. The van der Waals surface area contributed by atoms with E-state index in [1.807, 2.05) is 11.3 Å². The van der Waals surface area contributed by atoms with Crippen LogP contribution in [0.5, 0.6) is 0 Å². The van der Waals surface area contributed by atoms with Gasteiger partial charge in [-0.05, 0) is 0 Å². The van der Waals surface area contributed by atoms with E-state index in [1.54, 1.807) is 7.33 Å². The van der Waals surface area contributed by atoms with Crippen molar-refractivity contribution in [3.8, 4) is 0 Å². The molecule has 0 bridgehead atoms. The summed E-state index contributed by atoms with van der Waals surface area (Å²) in [5.41, 5.74) is 0. The minimum absolute atomic E-state index is 0.498. The molecule has 0 radical (unpaired) electrons. The number of rotatable bonds is 8. The number of unbranched alkanes of at least 4 members (excludes halogenated alkanes) is 5. The average Bonchev–Trinajstić information content (AvgIpc) is 2.69. The summed E-state index contributed by atoms with van der Waals surface area (Å²) >= 11 is 1.49. The van der Waals surface area contributed by atoms with Gasteiger partial charge in [0, 0.05) is 0 Å². The third kappa shape index (κ3) is 6.07. The molecule has 0 saturated carbocycles. The summed E-state index contributed by atoms with van der Waals surface area (Å²) in [5.74, 6) is 0. The predicted octanol–water partition coefficient (Wildman–Crippen LogP) is 3.32. The van der Waals surface area contributed by atoms with E-state index in [2.05, 4.69) is 24.4 Å². The molecule has 1 aromatic heterocycles. The summed E-state index contributed by atoms with van der Waals surface area (Å²) in [6.45, 7) is 2.28. The molecular formula is C12H22SSn. The Morgan fingerprint density at radius 3 is 2.64 bits per heavy atom. The molecule has 0 amide bonds. The van der Waals surface area contributed by atoms with E-state index >= 15 is 0 Å². The van der Waals surface area contributed by atoms with Crippen molar-refractivity contribution in [1.29, 1.82) is 0 Å². The summed E-state index contributed by atoms with van der Waals surface area (Å²) in [5, 5.41) is 2.23. The molecule has 0 aliphatic heterocycles. The first-order valence-electron chi connectivity index (χ1n) is 5.96. The van der Waals surface area contributed by atoms with Crippen LogP contribution in [0.15, 0.2) is 17.5 Å². The molecule has 0 N–H and O–H groups in total. The topological polar surface area (TPSA) is 0 Å². The van der Waals surface area contributed by atoms with Gasteiger partial charge >= 0.3 is 103 Å². The van der Waals surface area contributed by atoms with Crippen molar-refractivity contribution < 1.29 is 0 Å². The Kier molecular flexibility index (Phi) is 7.88. The first-order chi connectivity index (χ1) is 6.93. The van der Waals surface area contributed by atoms with E-state index < -0.39 is 21.1 Å². The molecule has 0 nitrogen and oxygen atoms in total. The summed E-state index contributed by atoms with van der Waals surface area (Å²) in [4.78, 5) is 0. The van der Waals surface area contributed by atoms with Crippen LogP contribution in [-0.4, -0.2) is 21.1 Å². The van der Waals surface area contributed by atoms with Crippen molar-refractivity contribution in [1.82, 2.24) is 0 Å². The van der Waals surface area contributed by atoms with Crippen molar-refractivity contribution in [2.75, 3.05) is 0 Å². The van der Waals surface area contributed by atoms with Crippen LogP contribution in [0.25, 0.3) is 0 Å². The number of hydrogen-bond acceptors (Lipinski definition) is 1. The molecule has 0 saturated heterocycles. The third-order valence-corrected chi connectivity index (χ3v) is 10.7. The molecule has 2 heteroatoms. The second-order valence-corrected chi connectivity index (χ2v) is 12.1. The maximum absolute atomic E-state index is 2.35. The SMILES string of the molecule is CCCCCCC[CH2][SnH2][c]1cccs1. The molecule has 1 rings (SSSR count). The molecular weight excluding hydrogens is 295 g/mol. The molecule has 0 aromatic carbocycles. The van der Waals surface area contributed by atoms with E-state index in [4.69, 9.17) is 0 Å². The van der Waals surface area contributed by atoms with Crippen LogP contribution >= 0.6 is 11.3 Å². The second-order valence-electron chi connectivity index (χ2n) is 3.95. The standard InChI is InChI=1S/C8H17.C4H3S.Sn.2H/c1-3-5-7-8-6-4-2;1-2-4-5-3-1;;;/h1,3-8H2,2H3;1-3H;;;. The summed E-state index contributed by atoms with van der Waals surface area (Å²) in [6, 6.07) is 4.55. The first kappa shape index (κ1) is 12.6. The molecule has 0 unspecified atom stereocenters. The predicted molar refractivity (Wildman–Crippen MR) is 70.7 cm³/mol. The van der Waals surface area contributed by atoms with E-state index in [1.165, 1.54) is 38.5 Å². The quantitative estimate of drug-likeness (QED) is 0.510. The van der Waals surface area contributed by atoms with Crippen LogP contribution in [-0.2, 0) is 0 Å². The van der Waals surface area contributed by atoms with Crippen molar-refractivity contribution >= 4 is 35.4 Å². The molecule has 0 aliphatic carbocycles. The van der Waals surface area contributed by atoms with Gasteiger partial charge in [0.05, 0.1) is 0 Å². The van der Waals surface area contributed by atoms with Gasteiger partial charge in [-0.15, -0.1) is 0 Å². The van der Waals surface area contributed by atoms with E-state index in [0.717, 1.165) is 0 Å². The van der Waals surface area contributed by atoms with Gasteiger partial charge in [-0.2, -0.15) is 0 Å². The van der Waals surface area contributed by atoms with Gasteiger partial charge < -0.3 is 0 Å². The van der Waals surface area contributed by atoms with Gasteiger partial charge in [0.1, 0.15) is 0 Å². The fourth-order valence-electron chi connectivity index (χ4n) is 1.71. The second kappa shape index (κ2) is 8.78. The zero-order valence-corrected chi connectivity index (χ0v) is 14.1. The van der Waals surface area contributed by atoms with E-state index in [0.29, 0.717) is 0 Å². The fourth-order valence-corrected chi connectivity index (χ4v) is 8.70. The van der Waals surface area contributed by atoms with Crippen LogP contribution in [0, 0.1) is 0 Å². The molecule has 0 spiro atoms. The maximum atomic E-state index is 2.35. The summed E-state index contributed by atoms with van der Waals surface area (Å²) < 4.78 is 3.36. The average molecular weight is 317 g/mol. The van der Waals surface area contributed by atoms with Gasteiger partial charge in [-0.1, -0.05) is 0 Å². The Labute approximate surface area is 102 Å². The van der Waals surface area contributed by atoms with E-state index in [-0.39, 0.29) is 0 Å². The Hall–Kier alpha value is 0.499. The van der Waals surface area contributed by atoms with Gasteiger partial charge in [0.25, 0.3) is 0 Å². The molecule has 0 fully saturated rings. The normalized spacial score (nSPS) is 11.5. The van der Waals surface area contributed by atoms with Gasteiger partial charge in [-0.25, -0.2) is 0 Å². The van der Waals surface area contributed by atoms with Crippen molar-refractivity contribution in [3.05, 3.63) is 17.5 Å². The van der Waals surface area contributed by atoms with Crippen LogP contribution < -0.4 is 2.89 Å². The van der Waals surface area contributed by atoms with Crippen molar-refractivity contribution in [3.63, 3.8) is 0 Å². The molecule has 1 aromatic rings. The molecule has 80 valence electrons. The monoisotopic (exact) mass is 318 g/mol. The van der Waals surface area contributed by atoms with Crippen LogP contribution in [0.4, 0.5) is 0 Å². The molecule has 0 atom stereocenters. The third-order valence-electron chi connectivity index (χ3n) is 2.61. The van der Waals surface area contributed by atoms with E-state index in [9.17, 15) is 0 Å².